The number of nitrogens with zero attached hydrogens (tertiary/aromatic N) is 2. The molecular weight excluding hydrogens is 335 g/mol. The molecule has 1 amide bonds. The molecular formula is C16H18Cl2N4O. The molecule has 1 heterocycles. The number of aromatic nitrogens is 1. The quantitative estimate of drug-likeness (QED) is 0.836. The Labute approximate surface area is 145 Å². The predicted octanol–water partition coefficient (Wildman–Crippen LogP) is 3.42. The molecule has 0 atom stereocenters. The van der Waals surface area contributed by atoms with Crippen LogP contribution in [0, 0.1) is 0 Å². The molecule has 0 saturated carbocycles. The molecule has 0 saturated heterocycles. The number of nitrogens with one attached hydrogen (secondary N) is 2. The summed E-state index contributed by atoms with van der Waals surface area (Å²) < 4.78 is 0. The van der Waals surface area contributed by atoms with Crippen molar-refractivity contribution >= 4 is 40.5 Å². The lowest BCUT2D eigenvalue weighted by molar-refractivity contribution is 0.0946. The highest BCUT2D eigenvalue weighted by Gasteiger charge is 2.07. The molecule has 2 aromatic rings. The average Bonchev–Trinajstić information content (AvgIpc) is 2.46. The van der Waals surface area contributed by atoms with Crippen molar-refractivity contribution in [2.24, 2.45) is 0 Å². The van der Waals surface area contributed by atoms with Crippen molar-refractivity contribution in [2.75, 3.05) is 32.5 Å². The number of benzene rings is 1. The Morgan fingerprint density at radius 3 is 2.39 bits per heavy atom. The van der Waals surface area contributed by atoms with Gasteiger partial charge in [-0.15, -0.1) is 0 Å². The van der Waals surface area contributed by atoms with Gasteiger partial charge in [-0.1, -0.05) is 23.2 Å². The van der Waals surface area contributed by atoms with Crippen molar-refractivity contribution in [3.8, 4) is 0 Å². The summed E-state index contributed by atoms with van der Waals surface area (Å²) in [6, 6.07) is 8.63. The number of likely N-dealkylation sites (N-methyl/N-ethyl adjacent to an activating group) is 1. The van der Waals surface area contributed by atoms with Gasteiger partial charge in [0.15, 0.2) is 0 Å². The van der Waals surface area contributed by atoms with E-state index >= 15 is 0 Å². The van der Waals surface area contributed by atoms with Gasteiger partial charge in [-0.3, -0.25) is 4.79 Å². The fourth-order valence-corrected chi connectivity index (χ4v) is 2.40. The minimum absolute atomic E-state index is 0.191. The van der Waals surface area contributed by atoms with E-state index in [1.807, 2.05) is 19.0 Å². The standard InChI is InChI=1S/C16H18Cl2N4O/c1-22(2)6-5-19-16(23)15-4-3-13(10-20-15)21-14-8-11(17)7-12(18)9-14/h3-4,7-10,21H,5-6H2,1-2H3,(H,19,23). The first kappa shape index (κ1) is 17.5. The molecule has 7 heteroatoms. The highest BCUT2D eigenvalue weighted by molar-refractivity contribution is 6.35. The van der Waals surface area contributed by atoms with Crippen LogP contribution in [-0.4, -0.2) is 43.0 Å². The summed E-state index contributed by atoms with van der Waals surface area (Å²) in [5, 5.41) is 7.05. The number of carbonyl (C=O) groups excluding carboxylic acids is 1. The van der Waals surface area contributed by atoms with E-state index in [-0.39, 0.29) is 5.91 Å². The van der Waals surface area contributed by atoms with Gasteiger partial charge in [-0.2, -0.15) is 0 Å². The summed E-state index contributed by atoms with van der Waals surface area (Å²) in [6.07, 6.45) is 1.59. The smallest absolute Gasteiger partial charge is 0.269 e. The average molecular weight is 353 g/mol. The number of anilines is 2. The maximum absolute atomic E-state index is 11.9. The molecule has 2 N–H and O–H groups in total. The van der Waals surface area contributed by atoms with Crippen LogP contribution in [0.15, 0.2) is 36.5 Å². The largest absolute Gasteiger partial charge is 0.354 e. The number of halogens is 2. The van der Waals surface area contributed by atoms with Gasteiger partial charge in [0, 0.05) is 28.8 Å². The molecule has 1 aromatic carbocycles. The summed E-state index contributed by atoms with van der Waals surface area (Å²) in [7, 11) is 3.90. The number of carbonyl (C=O) groups is 1. The topological polar surface area (TPSA) is 57.3 Å². The highest BCUT2D eigenvalue weighted by atomic mass is 35.5. The van der Waals surface area contributed by atoms with Gasteiger partial charge in [-0.25, -0.2) is 4.98 Å². The van der Waals surface area contributed by atoms with E-state index in [2.05, 4.69) is 15.6 Å². The molecule has 0 aliphatic rings. The minimum Gasteiger partial charge on any atom is -0.354 e. The minimum atomic E-state index is -0.191. The van der Waals surface area contributed by atoms with E-state index in [0.717, 1.165) is 17.9 Å². The monoisotopic (exact) mass is 352 g/mol. The zero-order valence-corrected chi connectivity index (χ0v) is 14.4. The molecule has 0 spiro atoms. The maximum Gasteiger partial charge on any atom is 0.269 e. The fourth-order valence-electron chi connectivity index (χ4n) is 1.88. The molecule has 1 aromatic heterocycles. The molecule has 0 unspecified atom stereocenters. The molecule has 5 nitrogen and oxygen atoms in total. The van der Waals surface area contributed by atoms with Gasteiger partial charge in [0.25, 0.3) is 5.91 Å². The molecule has 0 bridgehead atoms. The Hall–Kier alpha value is -1.82. The molecule has 0 radical (unpaired) electrons. The second-order valence-corrected chi connectivity index (χ2v) is 6.15. The zero-order chi connectivity index (χ0) is 16.8. The Kier molecular flexibility index (Phi) is 6.21. The van der Waals surface area contributed by atoms with Crippen LogP contribution in [0.25, 0.3) is 0 Å². The van der Waals surface area contributed by atoms with Gasteiger partial charge in [-0.05, 0) is 44.4 Å². The van der Waals surface area contributed by atoms with Crippen LogP contribution in [0.4, 0.5) is 11.4 Å². The number of rotatable bonds is 6. The predicted molar refractivity (Wildman–Crippen MR) is 94.9 cm³/mol. The van der Waals surface area contributed by atoms with E-state index in [9.17, 15) is 4.79 Å². The number of hydrogen-bond acceptors (Lipinski definition) is 4. The molecule has 0 aliphatic carbocycles. The summed E-state index contributed by atoms with van der Waals surface area (Å²) in [5.74, 6) is -0.191. The Morgan fingerprint density at radius 2 is 1.83 bits per heavy atom. The Bertz CT molecular complexity index is 654. The number of hydrogen-bond donors (Lipinski definition) is 2. The van der Waals surface area contributed by atoms with Crippen molar-refractivity contribution in [1.29, 1.82) is 0 Å². The Balaban J connectivity index is 1.97. The van der Waals surface area contributed by atoms with E-state index in [1.165, 1.54) is 0 Å². The van der Waals surface area contributed by atoms with Gasteiger partial charge < -0.3 is 15.5 Å². The van der Waals surface area contributed by atoms with Crippen molar-refractivity contribution in [1.82, 2.24) is 15.2 Å². The molecule has 2 rings (SSSR count). The van der Waals surface area contributed by atoms with E-state index in [1.54, 1.807) is 36.5 Å². The lowest BCUT2D eigenvalue weighted by Gasteiger charge is -2.10. The van der Waals surface area contributed by atoms with Gasteiger partial charge >= 0.3 is 0 Å². The van der Waals surface area contributed by atoms with E-state index in [4.69, 9.17) is 23.2 Å². The summed E-state index contributed by atoms with van der Waals surface area (Å²) in [5.41, 5.74) is 1.87. The first-order chi connectivity index (χ1) is 10.9. The fraction of sp³-hybridized carbons (Fsp3) is 0.250. The van der Waals surface area contributed by atoms with E-state index in [0.29, 0.717) is 22.3 Å². The lowest BCUT2D eigenvalue weighted by atomic mass is 10.3. The SMILES string of the molecule is CN(C)CCNC(=O)c1ccc(Nc2cc(Cl)cc(Cl)c2)cn1. The zero-order valence-electron chi connectivity index (χ0n) is 12.9. The summed E-state index contributed by atoms with van der Waals surface area (Å²) >= 11 is 11.9. The van der Waals surface area contributed by atoms with Crippen LogP contribution in [0.1, 0.15) is 10.5 Å². The van der Waals surface area contributed by atoms with Crippen molar-refractivity contribution in [3.05, 3.63) is 52.3 Å². The number of amides is 1. The second kappa shape index (κ2) is 8.15. The first-order valence-electron chi connectivity index (χ1n) is 7.06. The Morgan fingerprint density at radius 1 is 1.13 bits per heavy atom. The van der Waals surface area contributed by atoms with Gasteiger partial charge in [0.1, 0.15) is 5.69 Å². The highest BCUT2D eigenvalue weighted by Crippen LogP contribution is 2.25. The van der Waals surface area contributed by atoms with Gasteiger partial charge in [0.05, 0.1) is 11.9 Å². The third kappa shape index (κ3) is 5.71. The summed E-state index contributed by atoms with van der Waals surface area (Å²) in [4.78, 5) is 18.1. The first-order valence-corrected chi connectivity index (χ1v) is 7.82. The van der Waals surface area contributed by atoms with Crippen LogP contribution in [0.5, 0.6) is 0 Å². The van der Waals surface area contributed by atoms with Gasteiger partial charge in [0.2, 0.25) is 0 Å². The normalized spacial score (nSPS) is 10.7. The molecule has 0 aliphatic heterocycles. The van der Waals surface area contributed by atoms with E-state index < -0.39 is 0 Å². The second-order valence-electron chi connectivity index (χ2n) is 5.27. The molecule has 0 fully saturated rings. The van der Waals surface area contributed by atoms with Crippen LogP contribution < -0.4 is 10.6 Å². The van der Waals surface area contributed by atoms with Crippen molar-refractivity contribution < 1.29 is 4.79 Å². The lowest BCUT2D eigenvalue weighted by Crippen LogP contribution is -2.31. The molecule has 122 valence electrons. The van der Waals surface area contributed by atoms with Crippen LogP contribution in [0.3, 0.4) is 0 Å². The third-order valence-electron chi connectivity index (χ3n) is 2.99. The van der Waals surface area contributed by atoms with Crippen LogP contribution in [-0.2, 0) is 0 Å². The molecule has 23 heavy (non-hydrogen) atoms. The third-order valence-corrected chi connectivity index (χ3v) is 3.43. The number of pyridine rings is 1. The van der Waals surface area contributed by atoms with Crippen molar-refractivity contribution in [3.63, 3.8) is 0 Å². The van der Waals surface area contributed by atoms with Crippen molar-refractivity contribution in [2.45, 2.75) is 0 Å². The summed E-state index contributed by atoms with van der Waals surface area (Å²) in [6.45, 7) is 1.36. The van der Waals surface area contributed by atoms with Crippen LogP contribution >= 0.6 is 23.2 Å². The van der Waals surface area contributed by atoms with Crippen LogP contribution in [0.2, 0.25) is 10.0 Å². The maximum atomic E-state index is 11.9.